The number of halogens is 1. The Bertz CT molecular complexity index is 1330. The van der Waals surface area contributed by atoms with Crippen LogP contribution in [0, 0.1) is 6.92 Å². The zero-order valence-electron chi connectivity index (χ0n) is 18.1. The highest BCUT2D eigenvalue weighted by molar-refractivity contribution is 7.94. The molecule has 0 fully saturated rings. The number of anilines is 3. The molecule has 4 rings (SSSR count). The van der Waals surface area contributed by atoms with E-state index in [1.807, 2.05) is 25.1 Å². The average Bonchev–Trinajstić information content (AvgIpc) is 2.80. The number of carbonyl (C=O) groups excluding carboxylic acids is 2. The molecule has 0 spiro atoms. The van der Waals surface area contributed by atoms with Crippen LogP contribution in [-0.4, -0.2) is 33.4 Å². The number of rotatable bonds is 5. The van der Waals surface area contributed by atoms with Crippen LogP contribution in [0.4, 0.5) is 21.9 Å². The quantitative estimate of drug-likeness (QED) is 0.520. The number of hydrogen-bond acceptors (Lipinski definition) is 4. The molecule has 3 amide bonds. The van der Waals surface area contributed by atoms with Crippen molar-refractivity contribution in [2.24, 2.45) is 0 Å². The van der Waals surface area contributed by atoms with Crippen molar-refractivity contribution >= 4 is 50.6 Å². The highest BCUT2D eigenvalue weighted by atomic mass is 35.5. The standard InChI is InChI=1S/C24H22ClN3O4S/c1-3-26(18-9-5-4-6-10-18)23(29)16-27-21-11-7-8-12-22(21)33(31,32)28(24(27)30)19-14-13-17(2)20(25)15-19/h4-15H,3,16H2,1-2H3. The third kappa shape index (κ3) is 4.07. The van der Waals surface area contributed by atoms with E-state index < -0.39 is 16.1 Å². The topological polar surface area (TPSA) is 78.0 Å². The van der Waals surface area contributed by atoms with Gasteiger partial charge in [-0.3, -0.25) is 9.69 Å². The zero-order chi connectivity index (χ0) is 23.8. The number of urea groups is 1. The molecule has 1 aliphatic rings. The maximum Gasteiger partial charge on any atom is 0.343 e. The number of carbonyl (C=O) groups is 2. The summed E-state index contributed by atoms with van der Waals surface area (Å²) in [6, 6.07) is 19.0. The van der Waals surface area contributed by atoms with Crippen LogP contribution in [-0.2, 0) is 14.8 Å². The molecule has 1 aliphatic heterocycles. The van der Waals surface area contributed by atoms with Crippen LogP contribution in [0.5, 0.6) is 0 Å². The van der Waals surface area contributed by atoms with E-state index in [4.69, 9.17) is 11.6 Å². The molecular weight excluding hydrogens is 462 g/mol. The fraction of sp³-hybridized carbons (Fsp3) is 0.167. The Morgan fingerprint density at radius 1 is 1.00 bits per heavy atom. The van der Waals surface area contributed by atoms with E-state index in [0.717, 1.165) is 5.56 Å². The molecule has 0 atom stereocenters. The van der Waals surface area contributed by atoms with Gasteiger partial charge >= 0.3 is 6.03 Å². The molecule has 0 aromatic heterocycles. The summed E-state index contributed by atoms with van der Waals surface area (Å²) >= 11 is 6.22. The van der Waals surface area contributed by atoms with Crippen molar-refractivity contribution in [2.75, 3.05) is 27.2 Å². The van der Waals surface area contributed by atoms with Crippen molar-refractivity contribution in [1.29, 1.82) is 0 Å². The van der Waals surface area contributed by atoms with Gasteiger partial charge < -0.3 is 4.90 Å². The molecule has 0 unspecified atom stereocenters. The van der Waals surface area contributed by atoms with E-state index in [1.165, 1.54) is 29.2 Å². The highest BCUT2D eigenvalue weighted by Crippen LogP contribution is 2.38. The fourth-order valence-electron chi connectivity index (χ4n) is 3.75. The first kappa shape index (κ1) is 22.8. The first-order chi connectivity index (χ1) is 15.8. The molecule has 1 heterocycles. The van der Waals surface area contributed by atoms with Gasteiger partial charge in [-0.05, 0) is 55.8 Å². The van der Waals surface area contributed by atoms with Crippen molar-refractivity contribution in [2.45, 2.75) is 18.7 Å². The van der Waals surface area contributed by atoms with Gasteiger partial charge in [-0.1, -0.05) is 48.0 Å². The Hall–Kier alpha value is -3.36. The molecule has 0 bridgehead atoms. The van der Waals surface area contributed by atoms with Crippen LogP contribution in [0.1, 0.15) is 12.5 Å². The Kier molecular flexibility index (Phi) is 6.14. The molecule has 0 saturated carbocycles. The second-order valence-electron chi connectivity index (χ2n) is 7.51. The largest absolute Gasteiger partial charge is 0.343 e. The lowest BCUT2D eigenvalue weighted by atomic mass is 10.2. The van der Waals surface area contributed by atoms with Crippen LogP contribution in [0.25, 0.3) is 0 Å². The predicted octanol–water partition coefficient (Wildman–Crippen LogP) is 4.84. The molecule has 0 saturated heterocycles. The lowest BCUT2D eigenvalue weighted by Gasteiger charge is -2.36. The number of likely N-dealkylation sites (N-methyl/N-ethyl adjacent to an activating group) is 1. The van der Waals surface area contributed by atoms with Crippen molar-refractivity contribution in [3.63, 3.8) is 0 Å². The number of fused-ring (bicyclic) bond motifs is 1. The fourth-order valence-corrected chi connectivity index (χ4v) is 5.51. The van der Waals surface area contributed by atoms with Gasteiger partial charge in [-0.25, -0.2) is 13.2 Å². The minimum atomic E-state index is -4.20. The maximum absolute atomic E-state index is 13.5. The van der Waals surface area contributed by atoms with Gasteiger partial charge in [0.2, 0.25) is 5.91 Å². The summed E-state index contributed by atoms with van der Waals surface area (Å²) < 4.78 is 27.5. The summed E-state index contributed by atoms with van der Waals surface area (Å²) in [5.74, 6) is -0.340. The molecule has 170 valence electrons. The summed E-state index contributed by atoms with van der Waals surface area (Å²) in [5, 5.41) is 0.332. The monoisotopic (exact) mass is 483 g/mol. The molecule has 33 heavy (non-hydrogen) atoms. The summed E-state index contributed by atoms with van der Waals surface area (Å²) in [6.45, 7) is 3.68. The van der Waals surface area contributed by atoms with Crippen LogP contribution >= 0.6 is 11.6 Å². The lowest BCUT2D eigenvalue weighted by Crippen LogP contribution is -2.54. The van der Waals surface area contributed by atoms with Crippen LogP contribution in [0.15, 0.2) is 77.7 Å². The second-order valence-corrected chi connectivity index (χ2v) is 9.68. The van der Waals surface area contributed by atoms with Gasteiger partial charge in [0.1, 0.15) is 11.4 Å². The number of para-hydroxylation sites is 2. The van der Waals surface area contributed by atoms with Crippen LogP contribution < -0.4 is 14.1 Å². The Balaban J connectivity index is 1.78. The second kappa shape index (κ2) is 8.88. The van der Waals surface area contributed by atoms with Gasteiger partial charge in [0.25, 0.3) is 10.0 Å². The number of nitrogens with zero attached hydrogens (tertiary/aromatic N) is 3. The van der Waals surface area contributed by atoms with E-state index in [2.05, 4.69) is 0 Å². The molecular formula is C24H22ClN3O4S. The van der Waals surface area contributed by atoms with Crippen molar-refractivity contribution in [3.8, 4) is 0 Å². The minimum absolute atomic E-state index is 0.0585. The number of aryl methyl sites for hydroxylation is 1. The highest BCUT2D eigenvalue weighted by Gasteiger charge is 2.43. The Morgan fingerprint density at radius 3 is 2.33 bits per heavy atom. The molecule has 3 aromatic carbocycles. The van der Waals surface area contributed by atoms with Gasteiger partial charge in [-0.2, -0.15) is 4.31 Å². The first-order valence-electron chi connectivity index (χ1n) is 10.3. The summed E-state index contributed by atoms with van der Waals surface area (Å²) in [7, 11) is -4.20. The van der Waals surface area contributed by atoms with Gasteiger partial charge in [0.15, 0.2) is 0 Å². The predicted molar refractivity (Wildman–Crippen MR) is 130 cm³/mol. The summed E-state index contributed by atoms with van der Waals surface area (Å²) in [6.07, 6.45) is 0. The average molecular weight is 484 g/mol. The molecule has 0 N–H and O–H groups in total. The lowest BCUT2D eigenvalue weighted by molar-refractivity contribution is -0.117. The number of hydrogen-bond donors (Lipinski definition) is 0. The smallest absolute Gasteiger partial charge is 0.311 e. The van der Waals surface area contributed by atoms with Crippen molar-refractivity contribution in [1.82, 2.24) is 0 Å². The number of benzene rings is 3. The van der Waals surface area contributed by atoms with Crippen molar-refractivity contribution < 1.29 is 18.0 Å². The zero-order valence-corrected chi connectivity index (χ0v) is 19.7. The molecule has 0 radical (unpaired) electrons. The van der Waals surface area contributed by atoms with Crippen LogP contribution in [0.3, 0.4) is 0 Å². The summed E-state index contributed by atoms with van der Waals surface area (Å²) in [4.78, 5) is 29.5. The maximum atomic E-state index is 13.5. The Morgan fingerprint density at radius 2 is 1.67 bits per heavy atom. The number of sulfonamides is 1. The van der Waals surface area contributed by atoms with Gasteiger partial charge in [0, 0.05) is 17.3 Å². The molecule has 7 nitrogen and oxygen atoms in total. The van der Waals surface area contributed by atoms with E-state index in [9.17, 15) is 18.0 Å². The van der Waals surface area contributed by atoms with E-state index in [0.29, 0.717) is 21.6 Å². The van der Waals surface area contributed by atoms with E-state index in [1.54, 1.807) is 42.2 Å². The van der Waals surface area contributed by atoms with Crippen molar-refractivity contribution in [3.05, 3.63) is 83.4 Å². The number of amides is 3. The van der Waals surface area contributed by atoms with Crippen LogP contribution in [0.2, 0.25) is 5.02 Å². The molecule has 0 aliphatic carbocycles. The van der Waals surface area contributed by atoms with Gasteiger partial charge in [0.05, 0.1) is 11.4 Å². The third-order valence-electron chi connectivity index (χ3n) is 5.45. The normalized spacial score (nSPS) is 14.7. The van der Waals surface area contributed by atoms with E-state index >= 15 is 0 Å². The molecule has 3 aromatic rings. The SMILES string of the molecule is CCN(C(=O)CN1C(=O)N(c2ccc(C)c(Cl)c2)S(=O)(=O)c2ccccc21)c1ccccc1. The van der Waals surface area contributed by atoms with Gasteiger partial charge in [-0.15, -0.1) is 0 Å². The van der Waals surface area contributed by atoms with E-state index in [-0.39, 0.29) is 28.7 Å². The molecule has 9 heteroatoms. The first-order valence-corrected chi connectivity index (χ1v) is 12.1. The summed E-state index contributed by atoms with van der Waals surface area (Å²) in [5.41, 5.74) is 1.71. The Labute approximate surface area is 197 Å². The third-order valence-corrected chi connectivity index (χ3v) is 7.60. The minimum Gasteiger partial charge on any atom is -0.311 e.